The Kier molecular flexibility index (Phi) is 5.05. The zero-order valence-electron chi connectivity index (χ0n) is 12.2. The molecule has 1 fully saturated rings. The molecule has 0 spiro atoms. The van der Waals surface area contributed by atoms with Gasteiger partial charge in [0.15, 0.2) is 0 Å². The van der Waals surface area contributed by atoms with Gasteiger partial charge >= 0.3 is 0 Å². The monoisotopic (exact) mass is 263 g/mol. The lowest BCUT2D eigenvalue weighted by atomic mass is 10.1. The lowest BCUT2D eigenvalue weighted by Crippen LogP contribution is -2.54. The molecule has 0 aromatic heterocycles. The number of hydrogen-bond acceptors (Lipinski definition) is 4. The Labute approximate surface area is 116 Å². The van der Waals surface area contributed by atoms with Crippen LogP contribution in [0.4, 0.5) is 5.69 Å². The molecule has 4 nitrogen and oxygen atoms in total. The van der Waals surface area contributed by atoms with Crippen LogP contribution in [0.3, 0.4) is 0 Å². The van der Waals surface area contributed by atoms with Crippen molar-refractivity contribution in [3.05, 3.63) is 24.3 Å². The molecule has 0 radical (unpaired) electrons. The number of para-hydroxylation sites is 2. The summed E-state index contributed by atoms with van der Waals surface area (Å²) >= 11 is 0. The lowest BCUT2D eigenvalue weighted by Gasteiger charge is -2.41. The van der Waals surface area contributed by atoms with Crippen LogP contribution in [0.5, 0.6) is 5.75 Å². The summed E-state index contributed by atoms with van der Waals surface area (Å²) in [7, 11) is 4.22. The quantitative estimate of drug-likeness (QED) is 0.869. The van der Waals surface area contributed by atoms with Gasteiger partial charge in [0, 0.05) is 32.2 Å². The average Bonchev–Trinajstić information content (AvgIpc) is 2.43. The maximum Gasteiger partial charge on any atom is 0.142 e. The van der Waals surface area contributed by atoms with E-state index in [2.05, 4.69) is 40.4 Å². The summed E-state index contributed by atoms with van der Waals surface area (Å²) < 4.78 is 5.74. The predicted octanol–water partition coefficient (Wildman–Crippen LogP) is 1.43. The number of anilines is 1. The van der Waals surface area contributed by atoms with E-state index in [0.29, 0.717) is 12.6 Å². The van der Waals surface area contributed by atoms with E-state index in [9.17, 15) is 0 Å². The molecule has 1 N–H and O–H groups in total. The van der Waals surface area contributed by atoms with Gasteiger partial charge in [-0.25, -0.2) is 0 Å². The van der Waals surface area contributed by atoms with Crippen molar-refractivity contribution in [1.82, 2.24) is 10.2 Å². The van der Waals surface area contributed by atoms with E-state index < -0.39 is 0 Å². The van der Waals surface area contributed by atoms with Gasteiger partial charge in [-0.3, -0.25) is 4.90 Å². The molecule has 1 aromatic rings. The molecular formula is C15H25N3O. The van der Waals surface area contributed by atoms with Gasteiger partial charge in [-0.05, 0) is 33.2 Å². The van der Waals surface area contributed by atoms with Crippen LogP contribution in [0.1, 0.15) is 6.92 Å². The Bertz CT molecular complexity index is 397. The molecule has 4 heteroatoms. The van der Waals surface area contributed by atoms with Crippen molar-refractivity contribution in [2.45, 2.75) is 13.0 Å². The van der Waals surface area contributed by atoms with E-state index in [-0.39, 0.29) is 0 Å². The van der Waals surface area contributed by atoms with E-state index in [1.165, 1.54) is 5.69 Å². The third-order valence-corrected chi connectivity index (χ3v) is 3.72. The summed E-state index contributed by atoms with van der Waals surface area (Å²) in [5.41, 5.74) is 1.22. The van der Waals surface area contributed by atoms with Gasteiger partial charge in [-0.15, -0.1) is 0 Å². The van der Waals surface area contributed by atoms with Gasteiger partial charge in [-0.2, -0.15) is 0 Å². The zero-order chi connectivity index (χ0) is 13.7. The largest absolute Gasteiger partial charge is 0.492 e. The van der Waals surface area contributed by atoms with Crippen molar-refractivity contribution in [1.29, 1.82) is 0 Å². The van der Waals surface area contributed by atoms with E-state index in [0.717, 1.165) is 31.9 Å². The Balaban J connectivity index is 2.13. The van der Waals surface area contributed by atoms with E-state index in [4.69, 9.17) is 4.74 Å². The zero-order valence-corrected chi connectivity index (χ0v) is 12.2. The lowest BCUT2D eigenvalue weighted by molar-refractivity contribution is 0.215. The van der Waals surface area contributed by atoms with Crippen molar-refractivity contribution in [3.8, 4) is 5.75 Å². The van der Waals surface area contributed by atoms with Crippen molar-refractivity contribution >= 4 is 5.69 Å². The SMILES string of the molecule is CCOc1ccccc1N1CCN(C)C(CNC)C1. The van der Waals surface area contributed by atoms with E-state index in [1.807, 2.05) is 20.0 Å². The summed E-state index contributed by atoms with van der Waals surface area (Å²) in [6.45, 7) is 6.95. The molecule has 0 aliphatic carbocycles. The first kappa shape index (κ1) is 14.2. The van der Waals surface area contributed by atoms with Crippen LogP contribution < -0.4 is 15.0 Å². The Morgan fingerprint density at radius 3 is 2.84 bits per heavy atom. The van der Waals surface area contributed by atoms with Gasteiger partial charge in [0.1, 0.15) is 5.75 Å². The fourth-order valence-electron chi connectivity index (χ4n) is 2.62. The van der Waals surface area contributed by atoms with Crippen LogP contribution in [-0.4, -0.2) is 57.8 Å². The Morgan fingerprint density at radius 2 is 2.11 bits per heavy atom. The second kappa shape index (κ2) is 6.78. The Morgan fingerprint density at radius 1 is 1.32 bits per heavy atom. The van der Waals surface area contributed by atoms with Gasteiger partial charge in [0.05, 0.1) is 12.3 Å². The number of likely N-dealkylation sites (N-methyl/N-ethyl adjacent to an activating group) is 2. The van der Waals surface area contributed by atoms with E-state index >= 15 is 0 Å². The van der Waals surface area contributed by atoms with E-state index in [1.54, 1.807) is 0 Å². The first-order valence-corrected chi connectivity index (χ1v) is 7.08. The minimum atomic E-state index is 0.549. The fourth-order valence-corrected chi connectivity index (χ4v) is 2.62. The first-order valence-electron chi connectivity index (χ1n) is 7.08. The summed E-state index contributed by atoms with van der Waals surface area (Å²) in [4.78, 5) is 4.86. The Hall–Kier alpha value is -1.26. The summed E-state index contributed by atoms with van der Waals surface area (Å²) in [5, 5.41) is 3.28. The molecule has 1 aliphatic rings. The molecule has 0 saturated carbocycles. The predicted molar refractivity (Wildman–Crippen MR) is 80.2 cm³/mol. The number of nitrogens with zero attached hydrogens (tertiary/aromatic N) is 2. The topological polar surface area (TPSA) is 27.7 Å². The molecule has 0 bridgehead atoms. The molecule has 1 aromatic carbocycles. The summed E-state index contributed by atoms with van der Waals surface area (Å²) in [5.74, 6) is 0.998. The number of piperazine rings is 1. The highest BCUT2D eigenvalue weighted by Gasteiger charge is 2.25. The van der Waals surface area contributed by atoms with Gasteiger partial charge in [0.2, 0.25) is 0 Å². The molecule has 1 unspecified atom stereocenters. The number of ether oxygens (including phenoxy) is 1. The third-order valence-electron chi connectivity index (χ3n) is 3.72. The number of rotatable bonds is 5. The number of hydrogen-bond donors (Lipinski definition) is 1. The van der Waals surface area contributed by atoms with Crippen LogP contribution in [0.25, 0.3) is 0 Å². The highest BCUT2D eigenvalue weighted by molar-refractivity contribution is 5.58. The second-order valence-corrected chi connectivity index (χ2v) is 5.04. The van der Waals surface area contributed by atoms with Crippen molar-refractivity contribution in [2.75, 3.05) is 51.8 Å². The minimum Gasteiger partial charge on any atom is -0.492 e. The van der Waals surface area contributed by atoms with Gasteiger partial charge in [0.25, 0.3) is 0 Å². The van der Waals surface area contributed by atoms with Crippen molar-refractivity contribution in [2.24, 2.45) is 0 Å². The maximum absolute atomic E-state index is 5.74. The van der Waals surface area contributed by atoms with Gasteiger partial charge in [-0.1, -0.05) is 12.1 Å². The highest BCUT2D eigenvalue weighted by atomic mass is 16.5. The van der Waals surface area contributed by atoms with Crippen LogP contribution in [0.15, 0.2) is 24.3 Å². The van der Waals surface area contributed by atoms with Crippen LogP contribution >= 0.6 is 0 Å². The fraction of sp³-hybridized carbons (Fsp3) is 0.600. The molecule has 19 heavy (non-hydrogen) atoms. The number of nitrogens with one attached hydrogen (secondary N) is 1. The summed E-state index contributed by atoms with van der Waals surface area (Å²) in [6, 6.07) is 8.89. The highest BCUT2D eigenvalue weighted by Crippen LogP contribution is 2.29. The molecule has 106 valence electrons. The van der Waals surface area contributed by atoms with Crippen LogP contribution in [0, 0.1) is 0 Å². The molecule has 2 rings (SSSR count). The molecule has 1 saturated heterocycles. The third kappa shape index (κ3) is 3.39. The maximum atomic E-state index is 5.74. The van der Waals surface area contributed by atoms with Crippen LogP contribution in [0.2, 0.25) is 0 Å². The minimum absolute atomic E-state index is 0.549. The molecule has 1 atom stereocenters. The second-order valence-electron chi connectivity index (χ2n) is 5.04. The molecule has 0 amide bonds. The average molecular weight is 263 g/mol. The summed E-state index contributed by atoms with van der Waals surface area (Å²) in [6.07, 6.45) is 0. The van der Waals surface area contributed by atoms with Gasteiger partial charge < -0.3 is 15.0 Å². The number of benzene rings is 1. The first-order chi connectivity index (χ1) is 9.26. The van der Waals surface area contributed by atoms with Crippen LogP contribution in [-0.2, 0) is 0 Å². The normalized spacial score (nSPS) is 20.6. The molecule has 1 aliphatic heterocycles. The molecule has 1 heterocycles. The van der Waals surface area contributed by atoms with Crippen molar-refractivity contribution in [3.63, 3.8) is 0 Å². The smallest absolute Gasteiger partial charge is 0.142 e. The molecular weight excluding hydrogens is 238 g/mol. The standard InChI is InChI=1S/C15H25N3O/c1-4-19-15-8-6-5-7-14(15)18-10-9-17(3)13(12-18)11-16-2/h5-8,13,16H,4,9-12H2,1-3H3. The van der Waals surface area contributed by atoms with Crippen molar-refractivity contribution < 1.29 is 4.74 Å².